The van der Waals surface area contributed by atoms with Crippen LogP contribution in [-0.2, 0) is 14.6 Å². The highest BCUT2D eigenvalue weighted by atomic mass is 35.5. The summed E-state index contributed by atoms with van der Waals surface area (Å²) in [5.41, 5.74) is 4.92. The monoisotopic (exact) mass is 352 g/mol. The zero-order chi connectivity index (χ0) is 16.3. The van der Waals surface area contributed by atoms with Gasteiger partial charge in [-0.05, 0) is 45.0 Å². The number of halogens is 2. The van der Waals surface area contributed by atoms with E-state index in [1.807, 2.05) is 0 Å². The summed E-state index contributed by atoms with van der Waals surface area (Å²) < 4.78 is 37.4. The van der Waals surface area contributed by atoms with Crippen molar-refractivity contribution in [2.45, 2.75) is 42.9 Å². The first kappa shape index (κ1) is 20.8. The lowest BCUT2D eigenvalue weighted by atomic mass is 10.1. The number of benzene rings is 1. The van der Waals surface area contributed by atoms with Gasteiger partial charge in [-0.3, -0.25) is 4.79 Å². The van der Waals surface area contributed by atoms with Crippen LogP contribution in [0.5, 0.6) is 0 Å². The standard InChI is InChI=1S/C14H21FN2O3S.ClH/c1-10(8-13(18)17-14(2,3)9-16)21(19,20)12-6-4-11(15)5-7-12;/h4-7,10H,8-9,16H2,1-3H3,(H,17,18);1H. The lowest BCUT2D eigenvalue weighted by Crippen LogP contribution is -2.49. The van der Waals surface area contributed by atoms with E-state index in [2.05, 4.69) is 5.32 Å². The molecule has 0 aliphatic carbocycles. The highest BCUT2D eigenvalue weighted by Gasteiger charge is 2.27. The lowest BCUT2D eigenvalue weighted by Gasteiger charge is -2.25. The molecule has 0 spiro atoms. The van der Waals surface area contributed by atoms with Gasteiger partial charge < -0.3 is 11.1 Å². The van der Waals surface area contributed by atoms with Gasteiger partial charge in [0.2, 0.25) is 5.91 Å². The molecule has 0 aliphatic heterocycles. The van der Waals surface area contributed by atoms with E-state index >= 15 is 0 Å². The fourth-order valence-corrected chi connectivity index (χ4v) is 3.06. The molecule has 0 radical (unpaired) electrons. The lowest BCUT2D eigenvalue weighted by molar-refractivity contribution is -0.122. The molecule has 0 bridgehead atoms. The normalized spacial score (nSPS) is 13.1. The molecule has 1 aromatic rings. The van der Waals surface area contributed by atoms with Crippen molar-refractivity contribution in [2.24, 2.45) is 5.73 Å². The van der Waals surface area contributed by atoms with Crippen LogP contribution in [-0.4, -0.2) is 31.7 Å². The molecule has 1 unspecified atom stereocenters. The first-order valence-electron chi connectivity index (χ1n) is 6.59. The van der Waals surface area contributed by atoms with Crippen molar-refractivity contribution in [3.63, 3.8) is 0 Å². The molecule has 5 nitrogen and oxygen atoms in total. The Labute approximate surface area is 136 Å². The third kappa shape index (κ3) is 5.55. The maximum absolute atomic E-state index is 12.8. The second-order valence-electron chi connectivity index (χ2n) is 5.65. The predicted molar refractivity (Wildman–Crippen MR) is 86.2 cm³/mol. The van der Waals surface area contributed by atoms with Gasteiger partial charge in [-0.25, -0.2) is 12.8 Å². The summed E-state index contributed by atoms with van der Waals surface area (Å²) in [5, 5.41) is 1.78. The number of hydrogen-bond donors (Lipinski definition) is 2. The van der Waals surface area contributed by atoms with Gasteiger partial charge in [0.05, 0.1) is 10.1 Å². The molecule has 1 amide bonds. The number of carbonyl (C=O) groups is 1. The molecule has 3 N–H and O–H groups in total. The number of nitrogens with two attached hydrogens (primary N) is 1. The number of amides is 1. The van der Waals surface area contributed by atoms with E-state index in [0.717, 1.165) is 12.1 Å². The van der Waals surface area contributed by atoms with Crippen LogP contribution in [0, 0.1) is 5.82 Å². The zero-order valence-corrected chi connectivity index (χ0v) is 14.4. The van der Waals surface area contributed by atoms with Gasteiger partial charge in [-0.2, -0.15) is 0 Å². The van der Waals surface area contributed by atoms with Crippen LogP contribution in [0.4, 0.5) is 4.39 Å². The first-order chi connectivity index (χ1) is 9.58. The second kappa shape index (κ2) is 7.89. The molecule has 0 saturated carbocycles. The average molecular weight is 353 g/mol. The van der Waals surface area contributed by atoms with Gasteiger partial charge in [0.1, 0.15) is 5.82 Å². The van der Waals surface area contributed by atoms with Gasteiger partial charge in [-0.1, -0.05) is 0 Å². The highest BCUT2D eigenvalue weighted by Crippen LogP contribution is 2.18. The number of rotatable bonds is 6. The number of hydrogen-bond acceptors (Lipinski definition) is 4. The Kier molecular flexibility index (Phi) is 7.47. The number of nitrogens with one attached hydrogen (secondary N) is 1. The van der Waals surface area contributed by atoms with Crippen molar-refractivity contribution in [1.29, 1.82) is 0 Å². The maximum Gasteiger partial charge on any atom is 0.221 e. The maximum atomic E-state index is 12.8. The molecule has 0 saturated heterocycles. The van der Waals surface area contributed by atoms with Gasteiger partial charge in [-0.15, -0.1) is 12.4 Å². The van der Waals surface area contributed by atoms with Crippen LogP contribution in [0.25, 0.3) is 0 Å². The van der Waals surface area contributed by atoms with Crippen molar-refractivity contribution in [1.82, 2.24) is 5.32 Å². The SMILES string of the molecule is CC(CC(=O)NC(C)(C)CN)S(=O)(=O)c1ccc(F)cc1.Cl. The third-order valence-corrected chi connectivity index (χ3v) is 5.29. The fraction of sp³-hybridized carbons (Fsp3) is 0.500. The minimum Gasteiger partial charge on any atom is -0.350 e. The minimum absolute atomic E-state index is 0. The molecule has 0 aliphatic rings. The Morgan fingerprint density at radius 1 is 1.32 bits per heavy atom. The van der Waals surface area contributed by atoms with Crippen LogP contribution in [0.2, 0.25) is 0 Å². The van der Waals surface area contributed by atoms with Gasteiger partial charge in [0.15, 0.2) is 9.84 Å². The largest absolute Gasteiger partial charge is 0.350 e. The predicted octanol–water partition coefficient (Wildman–Crippen LogP) is 1.65. The molecule has 0 fully saturated rings. The Morgan fingerprint density at radius 3 is 2.27 bits per heavy atom. The van der Waals surface area contributed by atoms with Gasteiger partial charge in [0, 0.05) is 18.5 Å². The summed E-state index contributed by atoms with van der Waals surface area (Å²) in [4.78, 5) is 11.9. The summed E-state index contributed by atoms with van der Waals surface area (Å²) in [6, 6.07) is 4.56. The van der Waals surface area contributed by atoms with Gasteiger partial charge in [0.25, 0.3) is 0 Å². The second-order valence-corrected chi connectivity index (χ2v) is 8.02. The average Bonchev–Trinajstić information content (AvgIpc) is 2.38. The topological polar surface area (TPSA) is 89.3 Å². The van der Waals surface area contributed by atoms with Crippen molar-refractivity contribution in [3.05, 3.63) is 30.1 Å². The summed E-state index contributed by atoms with van der Waals surface area (Å²) >= 11 is 0. The van der Waals surface area contributed by atoms with E-state index < -0.39 is 26.4 Å². The summed E-state index contributed by atoms with van der Waals surface area (Å²) in [7, 11) is -3.67. The Hall–Kier alpha value is -1.18. The van der Waals surface area contributed by atoms with Crippen LogP contribution >= 0.6 is 12.4 Å². The summed E-state index contributed by atoms with van der Waals surface area (Å²) in [6.45, 7) is 5.21. The minimum atomic E-state index is -3.67. The molecule has 0 heterocycles. The zero-order valence-electron chi connectivity index (χ0n) is 12.8. The van der Waals surface area contributed by atoms with Crippen LogP contribution in [0.1, 0.15) is 27.2 Å². The summed E-state index contributed by atoms with van der Waals surface area (Å²) in [6.07, 6.45) is -0.177. The molecule has 22 heavy (non-hydrogen) atoms. The first-order valence-corrected chi connectivity index (χ1v) is 8.13. The quantitative estimate of drug-likeness (QED) is 0.762. The smallest absolute Gasteiger partial charge is 0.221 e. The van der Waals surface area contributed by atoms with Crippen molar-refractivity contribution >= 4 is 28.2 Å². The van der Waals surface area contributed by atoms with Crippen LogP contribution in [0.15, 0.2) is 29.2 Å². The molecular weight excluding hydrogens is 331 g/mol. The Morgan fingerprint density at radius 2 is 1.82 bits per heavy atom. The van der Waals surface area contributed by atoms with Crippen LogP contribution in [0.3, 0.4) is 0 Å². The molecule has 1 atom stereocenters. The molecule has 8 heteroatoms. The molecular formula is C14H22ClFN2O3S. The van der Waals surface area contributed by atoms with E-state index in [4.69, 9.17) is 5.73 Å². The van der Waals surface area contributed by atoms with E-state index in [0.29, 0.717) is 0 Å². The molecule has 0 aromatic heterocycles. The van der Waals surface area contributed by atoms with E-state index in [-0.39, 0.29) is 36.2 Å². The Bertz CT molecular complexity index is 603. The third-order valence-electron chi connectivity index (χ3n) is 3.13. The fourth-order valence-electron chi connectivity index (χ4n) is 1.71. The van der Waals surface area contributed by atoms with Crippen molar-refractivity contribution in [2.75, 3.05) is 6.54 Å². The summed E-state index contributed by atoms with van der Waals surface area (Å²) in [5.74, 6) is -0.896. The number of sulfone groups is 1. The Balaban J connectivity index is 0.00000441. The van der Waals surface area contributed by atoms with Gasteiger partial charge >= 0.3 is 0 Å². The van der Waals surface area contributed by atoms with Crippen LogP contribution < -0.4 is 11.1 Å². The molecule has 1 aromatic carbocycles. The van der Waals surface area contributed by atoms with E-state index in [1.54, 1.807) is 13.8 Å². The number of carbonyl (C=O) groups excluding carboxylic acids is 1. The van der Waals surface area contributed by atoms with Crippen molar-refractivity contribution in [3.8, 4) is 0 Å². The van der Waals surface area contributed by atoms with E-state index in [9.17, 15) is 17.6 Å². The molecule has 1 rings (SSSR count). The highest BCUT2D eigenvalue weighted by molar-refractivity contribution is 7.92. The van der Waals surface area contributed by atoms with Crippen molar-refractivity contribution < 1.29 is 17.6 Å². The van der Waals surface area contributed by atoms with E-state index in [1.165, 1.54) is 19.1 Å². The molecule has 126 valence electrons.